The highest BCUT2D eigenvalue weighted by molar-refractivity contribution is 5.76. The monoisotopic (exact) mass is 377 g/mol. The first kappa shape index (κ1) is 18.2. The van der Waals surface area contributed by atoms with Gasteiger partial charge in [-0.15, -0.1) is 0 Å². The van der Waals surface area contributed by atoms with Gasteiger partial charge in [0, 0.05) is 31.6 Å². The molecule has 0 radical (unpaired) electrons. The molecule has 4 rings (SSSR count). The smallest absolute Gasteiger partial charge is 0.329 e. The number of aromatic nitrogens is 4. The van der Waals surface area contributed by atoms with Gasteiger partial charge >= 0.3 is 5.69 Å². The second kappa shape index (κ2) is 7.82. The predicted octanol–water partition coefficient (Wildman–Crippen LogP) is 2.96. The van der Waals surface area contributed by atoms with Crippen LogP contribution in [-0.4, -0.2) is 19.3 Å². The zero-order chi connectivity index (χ0) is 19.5. The summed E-state index contributed by atoms with van der Waals surface area (Å²) in [6.45, 7) is 3.76. The minimum atomic E-state index is 0.000150. The third-order valence-corrected chi connectivity index (χ3v) is 4.84. The Kier molecular flexibility index (Phi) is 5.08. The quantitative estimate of drug-likeness (QED) is 0.535. The molecule has 7 heteroatoms. The Hall–Kier alpha value is -3.19. The van der Waals surface area contributed by atoms with Crippen LogP contribution in [0.25, 0.3) is 22.4 Å². The molecule has 144 valence electrons. The number of hydrogen-bond acceptors (Lipinski definition) is 5. The number of fused-ring (bicyclic) bond motifs is 1. The van der Waals surface area contributed by atoms with Crippen molar-refractivity contribution in [1.82, 2.24) is 19.3 Å². The molecule has 0 spiro atoms. The molecule has 4 aromatic rings. The molecule has 7 nitrogen and oxygen atoms in total. The van der Waals surface area contributed by atoms with Crippen LogP contribution in [0.4, 0.5) is 0 Å². The topological polar surface area (TPSA) is 91.9 Å². The number of benzene rings is 2. The minimum absolute atomic E-state index is 0.000150. The van der Waals surface area contributed by atoms with Gasteiger partial charge in [0.2, 0.25) is 11.7 Å². The lowest BCUT2D eigenvalue weighted by atomic mass is 10.1. The lowest BCUT2D eigenvalue weighted by Crippen LogP contribution is -2.25. The van der Waals surface area contributed by atoms with Crippen molar-refractivity contribution in [2.24, 2.45) is 5.73 Å². The molecule has 0 aliphatic carbocycles. The molecule has 0 bridgehead atoms. The van der Waals surface area contributed by atoms with E-state index in [9.17, 15) is 4.79 Å². The summed E-state index contributed by atoms with van der Waals surface area (Å²) >= 11 is 0. The molecule has 0 fully saturated rings. The Morgan fingerprint density at radius 2 is 1.68 bits per heavy atom. The summed E-state index contributed by atoms with van der Waals surface area (Å²) in [6.07, 6.45) is 1.40. The Labute approximate surface area is 162 Å². The second-order valence-electron chi connectivity index (χ2n) is 6.74. The Bertz CT molecular complexity index is 1140. The van der Waals surface area contributed by atoms with Crippen molar-refractivity contribution in [2.75, 3.05) is 0 Å². The third kappa shape index (κ3) is 3.36. The van der Waals surface area contributed by atoms with Gasteiger partial charge in [0.25, 0.3) is 0 Å². The maximum atomic E-state index is 12.8. The lowest BCUT2D eigenvalue weighted by Gasteiger charge is -2.00. The van der Waals surface area contributed by atoms with Crippen LogP contribution < -0.4 is 11.4 Å². The highest BCUT2D eigenvalue weighted by Gasteiger charge is 2.14. The number of para-hydroxylation sites is 2. The van der Waals surface area contributed by atoms with Gasteiger partial charge in [-0.1, -0.05) is 48.5 Å². The molecular weight excluding hydrogens is 354 g/mol. The summed E-state index contributed by atoms with van der Waals surface area (Å²) in [5.41, 5.74) is 9.45. The average Bonchev–Trinajstić information content (AvgIpc) is 3.31. The molecule has 0 aliphatic rings. The molecule has 0 amide bonds. The van der Waals surface area contributed by atoms with Gasteiger partial charge < -0.3 is 10.3 Å². The van der Waals surface area contributed by atoms with Crippen molar-refractivity contribution >= 4 is 11.0 Å². The highest BCUT2D eigenvalue weighted by Crippen LogP contribution is 2.18. The van der Waals surface area contributed by atoms with E-state index in [1.807, 2.05) is 53.1 Å². The molecule has 28 heavy (non-hydrogen) atoms. The van der Waals surface area contributed by atoms with Crippen LogP contribution >= 0.6 is 0 Å². The summed E-state index contributed by atoms with van der Waals surface area (Å²) in [7, 11) is 0. The SMILES string of the molecule is CCCn1c(=O)n(CCc2nc(-c3ccc(CN)cc3)no2)c2ccccc21. The number of nitrogens with zero attached hydrogens (tertiary/aromatic N) is 4. The molecule has 2 N–H and O–H groups in total. The summed E-state index contributed by atoms with van der Waals surface area (Å²) in [4.78, 5) is 17.3. The van der Waals surface area contributed by atoms with Crippen molar-refractivity contribution in [2.45, 2.75) is 39.4 Å². The van der Waals surface area contributed by atoms with Gasteiger partial charge in [-0.25, -0.2) is 4.79 Å². The summed E-state index contributed by atoms with van der Waals surface area (Å²) in [5.74, 6) is 1.05. The number of imidazole rings is 1. The number of rotatable bonds is 7. The van der Waals surface area contributed by atoms with E-state index in [1.165, 1.54) is 0 Å². The first-order chi connectivity index (χ1) is 13.7. The lowest BCUT2D eigenvalue weighted by molar-refractivity contribution is 0.372. The normalized spacial score (nSPS) is 11.4. The van der Waals surface area contributed by atoms with E-state index in [-0.39, 0.29) is 5.69 Å². The molecule has 0 saturated carbocycles. The zero-order valence-corrected chi connectivity index (χ0v) is 15.8. The van der Waals surface area contributed by atoms with E-state index in [0.717, 1.165) is 28.6 Å². The fraction of sp³-hybridized carbons (Fsp3) is 0.286. The van der Waals surface area contributed by atoms with Crippen LogP contribution in [0, 0.1) is 0 Å². The molecule has 0 saturated heterocycles. The summed E-state index contributed by atoms with van der Waals surface area (Å²) in [6, 6.07) is 15.6. The largest absolute Gasteiger partial charge is 0.339 e. The zero-order valence-electron chi connectivity index (χ0n) is 15.8. The van der Waals surface area contributed by atoms with Gasteiger partial charge in [0.1, 0.15) is 0 Å². The summed E-state index contributed by atoms with van der Waals surface area (Å²) in [5, 5.41) is 4.06. The number of nitrogens with two attached hydrogens (primary N) is 1. The van der Waals surface area contributed by atoms with Crippen LogP contribution in [0.2, 0.25) is 0 Å². The van der Waals surface area contributed by atoms with Crippen molar-refractivity contribution in [1.29, 1.82) is 0 Å². The maximum Gasteiger partial charge on any atom is 0.329 e. The first-order valence-electron chi connectivity index (χ1n) is 9.51. The molecule has 2 heterocycles. The predicted molar refractivity (Wildman–Crippen MR) is 108 cm³/mol. The molecule has 0 unspecified atom stereocenters. The average molecular weight is 377 g/mol. The standard InChI is InChI=1S/C21H23N5O2/c1-2-12-25-17-5-3-4-6-18(17)26(21(25)27)13-11-19-23-20(24-28-19)16-9-7-15(14-22)8-10-16/h3-10H,2,11-14,22H2,1H3. The van der Waals surface area contributed by atoms with Crippen LogP contribution in [0.1, 0.15) is 24.8 Å². The molecule has 2 aromatic carbocycles. The van der Waals surface area contributed by atoms with Crippen molar-refractivity contribution < 1.29 is 4.52 Å². The number of hydrogen-bond donors (Lipinski definition) is 1. The van der Waals surface area contributed by atoms with E-state index in [4.69, 9.17) is 10.3 Å². The second-order valence-corrected chi connectivity index (χ2v) is 6.74. The van der Waals surface area contributed by atoms with E-state index < -0.39 is 0 Å². The third-order valence-electron chi connectivity index (χ3n) is 4.84. The van der Waals surface area contributed by atoms with Crippen LogP contribution in [-0.2, 0) is 26.1 Å². The molecule has 0 aliphatic heterocycles. The fourth-order valence-electron chi connectivity index (χ4n) is 3.40. The van der Waals surface area contributed by atoms with Crippen molar-refractivity contribution in [3.63, 3.8) is 0 Å². The molecule has 2 aromatic heterocycles. The van der Waals surface area contributed by atoms with E-state index in [2.05, 4.69) is 17.1 Å². The number of aryl methyl sites for hydroxylation is 3. The van der Waals surface area contributed by atoms with Crippen LogP contribution in [0.3, 0.4) is 0 Å². The maximum absolute atomic E-state index is 12.8. The Balaban J connectivity index is 1.56. The van der Waals surface area contributed by atoms with Gasteiger partial charge in [-0.2, -0.15) is 4.98 Å². The minimum Gasteiger partial charge on any atom is -0.339 e. The van der Waals surface area contributed by atoms with E-state index in [1.54, 1.807) is 4.57 Å². The van der Waals surface area contributed by atoms with Crippen LogP contribution in [0.5, 0.6) is 0 Å². The van der Waals surface area contributed by atoms with Crippen LogP contribution in [0.15, 0.2) is 57.8 Å². The Morgan fingerprint density at radius 3 is 2.32 bits per heavy atom. The van der Waals surface area contributed by atoms with Gasteiger partial charge in [-0.05, 0) is 24.1 Å². The Morgan fingerprint density at radius 1 is 1.00 bits per heavy atom. The van der Waals surface area contributed by atoms with Crippen molar-refractivity contribution in [3.8, 4) is 11.4 Å². The first-order valence-corrected chi connectivity index (χ1v) is 9.51. The van der Waals surface area contributed by atoms with Crippen molar-refractivity contribution in [3.05, 3.63) is 70.5 Å². The molecule has 0 atom stereocenters. The molecular formula is C21H23N5O2. The van der Waals surface area contributed by atoms with E-state index >= 15 is 0 Å². The van der Waals surface area contributed by atoms with Gasteiger partial charge in [0.15, 0.2) is 0 Å². The highest BCUT2D eigenvalue weighted by atomic mass is 16.5. The summed E-state index contributed by atoms with van der Waals surface area (Å²) < 4.78 is 9.01. The van der Waals surface area contributed by atoms with E-state index in [0.29, 0.717) is 37.8 Å². The van der Waals surface area contributed by atoms with Gasteiger partial charge in [0.05, 0.1) is 11.0 Å². The van der Waals surface area contributed by atoms with Gasteiger partial charge in [-0.3, -0.25) is 9.13 Å². The fourth-order valence-corrected chi connectivity index (χ4v) is 3.40.